The number of hydrogen-bond acceptors (Lipinski definition) is 6. The summed E-state index contributed by atoms with van der Waals surface area (Å²) >= 11 is 5.71. The molecule has 0 atom stereocenters. The van der Waals surface area contributed by atoms with E-state index in [2.05, 4.69) is 20.5 Å². The molecule has 0 amide bonds. The molecule has 0 aliphatic heterocycles. The van der Waals surface area contributed by atoms with Gasteiger partial charge in [0.05, 0.1) is 10.6 Å². The highest BCUT2D eigenvalue weighted by Crippen LogP contribution is 2.39. The van der Waals surface area contributed by atoms with Gasteiger partial charge in [0.15, 0.2) is 17.4 Å². The van der Waals surface area contributed by atoms with Crippen molar-refractivity contribution in [2.75, 3.05) is 5.32 Å². The standard InChI is InChI=1S/C18H16ClFN4O2/c1-18(26)6-9(7-18)22-17-12-8-21-5-4-10(12)15(23-24-17)11-2-3-13(19)14(20)16(11)25/h2-5,8-9,25-26H,6-7H2,1H3,(H,22,24)/t9-,18+. The van der Waals surface area contributed by atoms with Gasteiger partial charge in [-0.1, -0.05) is 11.6 Å². The van der Waals surface area contributed by atoms with E-state index in [1.165, 1.54) is 12.1 Å². The van der Waals surface area contributed by atoms with Crippen molar-refractivity contribution in [1.82, 2.24) is 15.2 Å². The van der Waals surface area contributed by atoms with Crippen molar-refractivity contribution in [2.24, 2.45) is 0 Å². The molecule has 6 nitrogen and oxygen atoms in total. The smallest absolute Gasteiger partial charge is 0.184 e. The number of anilines is 1. The minimum Gasteiger partial charge on any atom is -0.504 e. The molecule has 2 heterocycles. The Balaban J connectivity index is 1.79. The van der Waals surface area contributed by atoms with Gasteiger partial charge in [-0.25, -0.2) is 4.39 Å². The van der Waals surface area contributed by atoms with E-state index >= 15 is 0 Å². The SMILES string of the molecule is C[C@]1(O)C[C@@H](Nc2nnc(-c3ccc(Cl)c(F)c3O)c3ccncc23)C1. The number of rotatable bonds is 3. The van der Waals surface area contributed by atoms with E-state index in [0.29, 0.717) is 35.1 Å². The lowest BCUT2D eigenvalue weighted by Gasteiger charge is -2.41. The second kappa shape index (κ2) is 6.03. The number of nitrogens with one attached hydrogen (secondary N) is 1. The first-order valence-electron chi connectivity index (χ1n) is 8.12. The molecule has 0 radical (unpaired) electrons. The monoisotopic (exact) mass is 374 g/mol. The molecule has 0 spiro atoms. The minimum absolute atomic E-state index is 0.0925. The first-order valence-corrected chi connectivity index (χ1v) is 8.50. The molecule has 0 saturated heterocycles. The van der Waals surface area contributed by atoms with Crippen molar-refractivity contribution in [3.8, 4) is 17.0 Å². The molecule has 1 aliphatic carbocycles. The van der Waals surface area contributed by atoms with Crippen LogP contribution in [0.1, 0.15) is 19.8 Å². The van der Waals surface area contributed by atoms with E-state index in [0.717, 1.165) is 0 Å². The van der Waals surface area contributed by atoms with E-state index in [1.54, 1.807) is 25.4 Å². The number of pyridine rings is 1. The van der Waals surface area contributed by atoms with Gasteiger partial charge in [0.25, 0.3) is 0 Å². The number of halogens is 2. The van der Waals surface area contributed by atoms with Crippen molar-refractivity contribution in [2.45, 2.75) is 31.4 Å². The Bertz CT molecular complexity index is 1000. The van der Waals surface area contributed by atoms with Crippen LogP contribution in [-0.2, 0) is 0 Å². The van der Waals surface area contributed by atoms with Crippen LogP contribution >= 0.6 is 11.6 Å². The lowest BCUT2D eigenvalue weighted by molar-refractivity contribution is -0.0235. The fourth-order valence-corrected chi connectivity index (χ4v) is 3.48. The largest absolute Gasteiger partial charge is 0.504 e. The Hall–Kier alpha value is -2.51. The molecular weight excluding hydrogens is 359 g/mol. The van der Waals surface area contributed by atoms with Crippen molar-refractivity contribution in [3.05, 3.63) is 41.4 Å². The third-order valence-corrected chi connectivity index (χ3v) is 4.91. The molecular formula is C18H16ClFN4O2. The molecule has 4 rings (SSSR count). The summed E-state index contributed by atoms with van der Waals surface area (Å²) in [7, 11) is 0. The summed E-state index contributed by atoms with van der Waals surface area (Å²) in [6.45, 7) is 1.79. The van der Waals surface area contributed by atoms with Crippen LogP contribution in [0, 0.1) is 5.82 Å². The highest BCUT2D eigenvalue weighted by atomic mass is 35.5. The van der Waals surface area contributed by atoms with Crippen LogP contribution in [0.5, 0.6) is 5.75 Å². The normalized spacial score (nSPS) is 22.2. The Labute approximate surface area is 153 Å². The van der Waals surface area contributed by atoms with E-state index in [4.69, 9.17) is 11.6 Å². The minimum atomic E-state index is -0.896. The van der Waals surface area contributed by atoms with E-state index < -0.39 is 17.2 Å². The zero-order valence-corrected chi connectivity index (χ0v) is 14.6. The summed E-state index contributed by atoms with van der Waals surface area (Å²) in [5.74, 6) is -0.931. The number of phenols is 1. The van der Waals surface area contributed by atoms with Crippen LogP contribution in [0.25, 0.3) is 22.0 Å². The van der Waals surface area contributed by atoms with Crippen molar-refractivity contribution >= 4 is 28.2 Å². The molecule has 0 unspecified atom stereocenters. The van der Waals surface area contributed by atoms with Gasteiger partial charge >= 0.3 is 0 Å². The number of aromatic nitrogens is 3. The molecule has 3 aromatic rings. The molecule has 1 aliphatic rings. The van der Waals surface area contributed by atoms with Crippen molar-refractivity contribution < 1.29 is 14.6 Å². The van der Waals surface area contributed by atoms with Gasteiger partial charge in [0.2, 0.25) is 0 Å². The van der Waals surface area contributed by atoms with Crippen LogP contribution in [0.2, 0.25) is 5.02 Å². The van der Waals surface area contributed by atoms with Gasteiger partial charge in [-0.15, -0.1) is 10.2 Å². The Morgan fingerprint density at radius 3 is 2.73 bits per heavy atom. The molecule has 3 N–H and O–H groups in total. The molecule has 134 valence electrons. The Kier molecular flexibility index (Phi) is 3.93. The third-order valence-electron chi connectivity index (χ3n) is 4.62. The number of aromatic hydroxyl groups is 1. The highest BCUT2D eigenvalue weighted by Gasteiger charge is 2.38. The predicted octanol–water partition coefficient (Wildman–Crippen LogP) is 3.52. The average Bonchev–Trinajstić information content (AvgIpc) is 2.59. The molecule has 26 heavy (non-hydrogen) atoms. The fourth-order valence-electron chi connectivity index (χ4n) is 3.33. The van der Waals surface area contributed by atoms with Crippen LogP contribution in [0.15, 0.2) is 30.6 Å². The number of hydrogen-bond donors (Lipinski definition) is 3. The number of benzene rings is 1. The maximum Gasteiger partial charge on any atom is 0.184 e. The molecule has 1 fully saturated rings. The number of phenolic OH excluding ortho intramolecular Hbond substituents is 1. The van der Waals surface area contributed by atoms with E-state index in [9.17, 15) is 14.6 Å². The summed E-state index contributed by atoms with van der Waals surface area (Å²) in [4.78, 5) is 4.13. The van der Waals surface area contributed by atoms with E-state index in [1.807, 2.05) is 0 Å². The van der Waals surface area contributed by atoms with Gasteiger partial charge in [-0.05, 0) is 38.0 Å². The number of nitrogens with zero attached hydrogens (tertiary/aromatic N) is 3. The van der Waals surface area contributed by atoms with Crippen LogP contribution in [0.4, 0.5) is 10.2 Å². The molecule has 0 bridgehead atoms. The van der Waals surface area contributed by atoms with Crippen LogP contribution in [0.3, 0.4) is 0 Å². The summed E-state index contributed by atoms with van der Waals surface area (Å²) in [6.07, 6.45) is 4.45. The maximum absolute atomic E-state index is 14.0. The second-order valence-corrected chi connectivity index (χ2v) is 7.23. The fraction of sp³-hybridized carbons (Fsp3) is 0.278. The summed E-state index contributed by atoms with van der Waals surface area (Å²) < 4.78 is 14.0. The van der Waals surface area contributed by atoms with Crippen molar-refractivity contribution in [1.29, 1.82) is 0 Å². The molecule has 1 aromatic carbocycles. The van der Waals surface area contributed by atoms with Crippen LogP contribution in [-0.4, -0.2) is 37.0 Å². The second-order valence-electron chi connectivity index (χ2n) is 6.82. The first-order chi connectivity index (χ1) is 12.4. The van der Waals surface area contributed by atoms with Gasteiger partial charge in [-0.3, -0.25) is 4.98 Å². The highest BCUT2D eigenvalue weighted by molar-refractivity contribution is 6.31. The topological polar surface area (TPSA) is 91.2 Å². The summed E-state index contributed by atoms with van der Waals surface area (Å²) in [5.41, 5.74) is -0.124. The molecule has 1 saturated carbocycles. The average molecular weight is 375 g/mol. The third kappa shape index (κ3) is 2.83. The number of aliphatic hydroxyl groups is 1. The van der Waals surface area contributed by atoms with Gasteiger partial charge in [0, 0.05) is 34.8 Å². The summed E-state index contributed by atoms with van der Waals surface area (Å²) in [6, 6.07) is 4.69. The Morgan fingerprint density at radius 1 is 1.23 bits per heavy atom. The van der Waals surface area contributed by atoms with Crippen molar-refractivity contribution in [3.63, 3.8) is 0 Å². The molecule has 8 heteroatoms. The van der Waals surface area contributed by atoms with E-state index in [-0.39, 0.29) is 16.6 Å². The number of fused-ring (bicyclic) bond motifs is 1. The van der Waals surface area contributed by atoms with Gasteiger partial charge < -0.3 is 15.5 Å². The Morgan fingerprint density at radius 2 is 2.00 bits per heavy atom. The summed E-state index contributed by atoms with van der Waals surface area (Å²) in [5, 5.41) is 32.8. The first kappa shape index (κ1) is 16.9. The molecule has 2 aromatic heterocycles. The quantitative estimate of drug-likeness (QED) is 0.649. The predicted molar refractivity (Wildman–Crippen MR) is 96.7 cm³/mol. The maximum atomic E-state index is 14.0. The zero-order chi connectivity index (χ0) is 18.5. The van der Waals surface area contributed by atoms with Gasteiger partial charge in [-0.2, -0.15) is 0 Å². The lowest BCUT2D eigenvalue weighted by atomic mass is 9.77. The van der Waals surface area contributed by atoms with Crippen LogP contribution < -0.4 is 5.32 Å². The van der Waals surface area contributed by atoms with Gasteiger partial charge in [0.1, 0.15) is 5.69 Å². The lowest BCUT2D eigenvalue weighted by Crippen LogP contribution is -2.48. The zero-order valence-electron chi connectivity index (χ0n) is 13.9.